The fourth-order valence-corrected chi connectivity index (χ4v) is 7.05. The molecule has 2 aromatic rings. The van der Waals surface area contributed by atoms with Crippen LogP contribution in [-0.2, 0) is 27.8 Å². The minimum atomic E-state index is -3.23. The van der Waals surface area contributed by atoms with Crippen LogP contribution in [0, 0.1) is 0 Å². The van der Waals surface area contributed by atoms with Crippen molar-refractivity contribution in [1.29, 1.82) is 0 Å². The Bertz CT molecular complexity index is 1210. The fraction of sp³-hybridized carbons (Fsp3) is 0.421. The zero-order valence-electron chi connectivity index (χ0n) is 19.2. The number of hydrogen-bond donors (Lipinski definition) is 4. The number of aliphatic hydroxyl groups is 1. The van der Waals surface area contributed by atoms with E-state index in [0.717, 1.165) is 4.90 Å². The fourth-order valence-electron chi connectivity index (χ4n) is 4.12. The first-order valence-electron chi connectivity index (χ1n) is 10.9. The molecule has 1 aromatic carbocycles. The van der Waals surface area contributed by atoms with Gasteiger partial charge in [0.1, 0.15) is 0 Å². The number of anilines is 3. The van der Waals surface area contributed by atoms with E-state index in [1.165, 1.54) is 18.7 Å². The van der Waals surface area contributed by atoms with E-state index in [-0.39, 0.29) is 30.9 Å². The Morgan fingerprint density at radius 3 is 2.92 bits per heavy atom. The first-order valence-corrected chi connectivity index (χ1v) is 14.4. The summed E-state index contributed by atoms with van der Waals surface area (Å²) in [5, 5.41) is 15.0. The van der Waals surface area contributed by atoms with Crippen LogP contribution in [0.5, 0.6) is 0 Å². The molecule has 0 aliphatic carbocycles. The number of aromatic amines is 1. The topological polar surface area (TPSA) is 170 Å². The van der Waals surface area contributed by atoms with Crippen LogP contribution in [0.2, 0.25) is 5.02 Å². The molecule has 4 unspecified atom stereocenters. The van der Waals surface area contributed by atoms with Gasteiger partial charge in [0.05, 0.1) is 0 Å². The number of halogens is 1. The van der Waals surface area contributed by atoms with E-state index >= 15 is 0 Å². The molecule has 5 atom stereocenters. The van der Waals surface area contributed by atoms with E-state index < -0.39 is 49.4 Å². The Morgan fingerprint density at radius 2 is 2.19 bits per heavy atom. The molecule has 0 spiro atoms. The molecule has 2 saturated heterocycles. The summed E-state index contributed by atoms with van der Waals surface area (Å²) < 4.78 is 28.4. The summed E-state index contributed by atoms with van der Waals surface area (Å²) in [7, 11) is -1.59. The second kappa shape index (κ2) is 9.99. The summed E-state index contributed by atoms with van der Waals surface area (Å²) in [4.78, 5) is 33.0. The number of rotatable bonds is 6. The molecule has 194 valence electrons. The second-order valence-corrected chi connectivity index (χ2v) is 12.5. The van der Waals surface area contributed by atoms with E-state index in [0.29, 0.717) is 5.02 Å². The third kappa shape index (κ3) is 5.02. The van der Waals surface area contributed by atoms with Crippen LogP contribution in [0.25, 0.3) is 0 Å². The molecule has 5 rings (SSSR count). The number of nitrogen functional groups attached to an aromatic ring is 1. The number of carbonyl (C=O) groups is 1. The van der Waals surface area contributed by atoms with Crippen LogP contribution in [0.3, 0.4) is 0 Å². The normalized spacial score (nSPS) is 29.2. The van der Waals surface area contributed by atoms with Gasteiger partial charge in [-0.3, -0.25) is 0 Å². The van der Waals surface area contributed by atoms with Crippen LogP contribution < -0.4 is 21.5 Å². The molecule has 2 fully saturated rings. The van der Waals surface area contributed by atoms with Gasteiger partial charge in [-0.25, -0.2) is 0 Å². The number of nitrogens with two attached hydrogens (primary N) is 1. The van der Waals surface area contributed by atoms with Gasteiger partial charge in [0, 0.05) is 0 Å². The first kappa shape index (κ1) is 25.6. The minimum absolute atomic E-state index is 0.0777. The molecule has 36 heavy (non-hydrogen) atoms. The molecule has 0 saturated carbocycles. The van der Waals surface area contributed by atoms with Gasteiger partial charge in [-0.2, -0.15) is 0 Å². The van der Waals surface area contributed by atoms with Gasteiger partial charge in [-0.15, -0.1) is 0 Å². The van der Waals surface area contributed by atoms with Crippen molar-refractivity contribution in [3.8, 4) is 0 Å². The number of ether oxygens (including phenoxy) is 2. The zero-order valence-corrected chi connectivity index (χ0v) is 21.7. The molecule has 0 bridgehead atoms. The van der Waals surface area contributed by atoms with Crippen LogP contribution in [0.15, 0.2) is 34.0 Å². The van der Waals surface area contributed by atoms with Gasteiger partial charge in [0.2, 0.25) is 0 Å². The number of H-pyrrole nitrogens is 1. The maximum absolute atomic E-state index is 12.6. The molecular weight excluding hydrogens is 536 g/mol. The maximum atomic E-state index is 12.6. The van der Waals surface area contributed by atoms with Crippen LogP contribution in [0.1, 0.15) is 6.92 Å². The van der Waals surface area contributed by atoms with Gasteiger partial charge in [0.25, 0.3) is 0 Å². The van der Waals surface area contributed by atoms with E-state index in [2.05, 4.69) is 15.3 Å². The SMILES string of the molecule is B[PH]1(OCOC(C)=O)OCC2OC(N3c4nc(N)[nH]c(=O)c4NC3Sc3ccc(Cl)cc3)C(O)[C@@H]2O1. The predicted molar refractivity (Wildman–Crippen MR) is 137 cm³/mol. The van der Waals surface area contributed by atoms with Crippen LogP contribution in [-0.4, -0.2) is 72.0 Å². The number of nitrogens with zero attached hydrogens (tertiary/aromatic N) is 2. The van der Waals surface area contributed by atoms with E-state index in [9.17, 15) is 14.7 Å². The number of esters is 1. The third-order valence-electron chi connectivity index (χ3n) is 5.77. The summed E-state index contributed by atoms with van der Waals surface area (Å²) in [5.74, 6) is -0.347. The monoisotopic (exact) mass is 559 g/mol. The molecule has 5 N–H and O–H groups in total. The number of aliphatic hydroxyl groups excluding tert-OH is 1. The van der Waals surface area contributed by atoms with Crippen molar-refractivity contribution in [3.63, 3.8) is 0 Å². The Kier molecular flexibility index (Phi) is 7.09. The number of aromatic nitrogens is 2. The van der Waals surface area contributed by atoms with Gasteiger partial charge in [-0.1, -0.05) is 0 Å². The Labute approximate surface area is 215 Å². The Morgan fingerprint density at radius 1 is 1.44 bits per heavy atom. The third-order valence-corrected chi connectivity index (χ3v) is 9.17. The Balaban J connectivity index is 1.40. The van der Waals surface area contributed by atoms with Crippen molar-refractivity contribution in [2.45, 2.75) is 41.9 Å². The summed E-state index contributed by atoms with van der Waals surface area (Å²) in [6.45, 7) is 1.03. The van der Waals surface area contributed by atoms with Gasteiger partial charge in [0.15, 0.2) is 0 Å². The molecule has 4 heterocycles. The van der Waals surface area contributed by atoms with Crippen molar-refractivity contribution in [1.82, 2.24) is 9.97 Å². The molecule has 3 aliphatic heterocycles. The average molecular weight is 560 g/mol. The number of thioether (sulfide) groups is 1. The summed E-state index contributed by atoms with van der Waals surface area (Å²) in [6, 6.07) is 7.17. The predicted octanol–water partition coefficient (Wildman–Crippen LogP) is 0.395. The molecule has 3 aliphatic rings. The van der Waals surface area contributed by atoms with Crippen molar-refractivity contribution < 1.29 is 32.9 Å². The van der Waals surface area contributed by atoms with Crippen LogP contribution >= 0.6 is 31.2 Å². The number of nitrogens with one attached hydrogen (secondary N) is 2. The van der Waals surface area contributed by atoms with E-state index in [1.54, 1.807) is 24.6 Å². The molecule has 1 aromatic heterocycles. The number of hydrogen-bond acceptors (Lipinski definition) is 13. The molecular formula is C19H24BClN5O8PS. The standard InChI is InChI=1S/C19H24BClN5O8PS/c1-8(27)30-7-32-35(20)31-6-11-14(34-35)13(28)17(33-11)26-15-12(16(29)25-18(22)24-15)23-19(26)36-10-4-2-9(21)3-5-10/h2-5,11,13-14,17,19,23,28,35H,6-7,20H2,1H3,(H3,22,24,25,29)/t11?,13?,14-,17?,19?/m1/s1. The van der Waals surface area contributed by atoms with Gasteiger partial charge in [-0.05, 0) is 0 Å². The first-order chi connectivity index (χ1) is 17.1. The van der Waals surface area contributed by atoms with Gasteiger partial charge >= 0.3 is 216 Å². The van der Waals surface area contributed by atoms with E-state index in [4.69, 9.17) is 40.4 Å². The molecule has 17 heteroatoms. The number of fused-ring (bicyclic) bond motifs is 2. The number of carbonyl (C=O) groups excluding carboxylic acids is 1. The van der Waals surface area contributed by atoms with Crippen LogP contribution in [0.4, 0.5) is 17.5 Å². The number of benzene rings is 1. The summed E-state index contributed by atoms with van der Waals surface area (Å²) >= 11 is 7.39. The van der Waals surface area contributed by atoms with Crippen molar-refractivity contribution in [2.24, 2.45) is 0 Å². The quantitative estimate of drug-likeness (QED) is 0.166. The summed E-state index contributed by atoms with van der Waals surface area (Å²) in [6.07, 6.45) is -3.53. The van der Waals surface area contributed by atoms with Crippen molar-refractivity contribution in [2.75, 3.05) is 29.4 Å². The van der Waals surface area contributed by atoms with Crippen molar-refractivity contribution >= 4 is 62.2 Å². The summed E-state index contributed by atoms with van der Waals surface area (Å²) in [5.41, 5.74) is 4.99. The average Bonchev–Trinajstić information content (AvgIpc) is 3.32. The zero-order chi connectivity index (χ0) is 25.6. The second-order valence-electron chi connectivity index (χ2n) is 8.34. The van der Waals surface area contributed by atoms with Crippen molar-refractivity contribution in [3.05, 3.63) is 39.6 Å². The van der Waals surface area contributed by atoms with E-state index in [1.807, 2.05) is 12.1 Å². The molecule has 0 amide bonds. The molecule has 0 radical (unpaired) electrons. The molecule has 13 nitrogen and oxygen atoms in total. The Hall–Kier alpha value is -2.10. The van der Waals surface area contributed by atoms with Gasteiger partial charge < -0.3 is 0 Å².